The van der Waals surface area contributed by atoms with Gasteiger partial charge >= 0.3 is 0 Å². The number of quaternary nitrogens is 1. The number of carbonyl (C=O) groups excluding carboxylic acids is 1. The van der Waals surface area contributed by atoms with E-state index in [1.165, 1.54) is 4.90 Å². The van der Waals surface area contributed by atoms with Crippen molar-refractivity contribution in [3.63, 3.8) is 0 Å². The van der Waals surface area contributed by atoms with Crippen LogP contribution in [0.25, 0.3) is 0 Å². The van der Waals surface area contributed by atoms with Crippen molar-refractivity contribution in [1.29, 1.82) is 0 Å². The van der Waals surface area contributed by atoms with Crippen LogP contribution >= 0.6 is 23.2 Å². The van der Waals surface area contributed by atoms with Crippen LogP contribution in [0.1, 0.15) is 13.8 Å². The first-order valence-electron chi connectivity index (χ1n) is 6.68. The predicted molar refractivity (Wildman–Crippen MR) is 80.7 cm³/mol. The first kappa shape index (κ1) is 15.6. The third-order valence-corrected chi connectivity index (χ3v) is 3.88. The van der Waals surface area contributed by atoms with Crippen LogP contribution in [0.2, 0.25) is 10.0 Å². The average molecular weight is 318 g/mol. The van der Waals surface area contributed by atoms with Gasteiger partial charge in [-0.15, -0.1) is 0 Å². The Balaban J connectivity index is 1.95. The Morgan fingerprint density at radius 1 is 1.30 bits per heavy atom. The Kier molecular flexibility index (Phi) is 5.27. The molecule has 1 aliphatic heterocycles. The number of benzene rings is 1. The highest BCUT2D eigenvalue weighted by Gasteiger charge is 2.27. The van der Waals surface area contributed by atoms with Gasteiger partial charge in [0.25, 0.3) is 5.91 Å². The molecule has 0 saturated carbocycles. The molecule has 110 valence electrons. The standard InChI is InChI=1S/C14H18Cl2N2O2/c1-9-6-18(7-10(2)20-9)8-13(19)17-14-11(15)4-3-5-12(14)16/h3-5,9-10H,6-8H2,1-2H3,(H,17,19)/p+1. The quantitative estimate of drug-likeness (QED) is 0.889. The van der Waals surface area contributed by atoms with Gasteiger partial charge in [0.2, 0.25) is 0 Å². The van der Waals surface area contributed by atoms with Crippen LogP contribution in [0.3, 0.4) is 0 Å². The van der Waals surface area contributed by atoms with E-state index in [-0.39, 0.29) is 18.1 Å². The molecule has 0 spiro atoms. The first-order chi connectivity index (χ1) is 9.45. The number of para-hydroxylation sites is 1. The van der Waals surface area contributed by atoms with Gasteiger partial charge in [0.15, 0.2) is 6.54 Å². The summed E-state index contributed by atoms with van der Waals surface area (Å²) in [5, 5.41) is 3.69. The fraction of sp³-hybridized carbons (Fsp3) is 0.500. The number of hydrogen-bond acceptors (Lipinski definition) is 2. The molecule has 0 radical (unpaired) electrons. The molecule has 20 heavy (non-hydrogen) atoms. The summed E-state index contributed by atoms with van der Waals surface area (Å²) in [7, 11) is 0. The minimum atomic E-state index is -0.0868. The molecule has 0 aromatic heterocycles. The first-order valence-corrected chi connectivity index (χ1v) is 7.44. The fourth-order valence-corrected chi connectivity index (χ4v) is 3.05. The van der Waals surface area contributed by atoms with Gasteiger partial charge in [-0.05, 0) is 26.0 Å². The maximum absolute atomic E-state index is 12.1. The lowest BCUT2D eigenvalue weighted by atomic mass is 10.2. The number of anilines is 1. The topological polar surface area (TPSA) is 42.8 Å². The summed E-state index contributed by atoms with van der Waals surface area (Å²) < 4.78 is 5.66. The zero-order valence-electron chi connectivity index (χ0n) is 11.6. The van der Waals surface area contributed by atoms with Crippen molar-refractivity contribution < 1.29 is 14.4 Å². The van der Waals surface area contributed by atoms with Crippen molar-refractivity contribution in [3.05, 3.63) is 28.2 Å². The Hall–Kier alpha value is -0.810. The van der Waals surface area contributed by atoms with Crippen LogP contribution in [-0.2, 0) is 9.53 Å². The minimum absolute atomic E-state index is 0.0868. The van der Waals surface area contributed by atoms with Gasteiger partial charge in [-0.3, -0.25) is 4.79 Å². The van der Waals surface area contributed by atoms with Gasteiger partial charge < -0.3 is 15.0 Å². The average Bonchev–Trinajstić information content (AvgIpc) is 2.32. The molecule has 2 N–H and O–H groups in total. The molecule has 0 bridgehead atoms. The number of amides is 1. The Labute approximate surface area is 129 Å². The van der Waals surface area contributed by atoms with Crippen molar-refractivity contribution in [2.24, 2.45) is 0 Å². The van der Waals surface area contributed by atoms with Gasteiger partial charge in [-0.2, -0.15) is 0 Å². The second-order valence-corrected chi connectivity index (χ2v) is 6.05. The summed E-state index contributed by atoms with van der Waals surface area (Å²) in [5.74, 6) is -0.0868. The van der Waals surface area contributed by atoms with E-state index in [0.717, 1.165) is 13.1 Å². The van der Waals surface area contributed by atoms with Crippen LogP contribution in [0.4, 0.5) is 5.69 Å². The maximum atomic E-state index is 12.1. The molecule has 1 aromatic carbocycles. The van der Waals surface area contributed by atoms with Gasteiger partial charge in [0.05, 0.1) is 15.7 Å². The molecule has 0 aliphatic carbocycles. The van der Waals surface area contributed by atoms with Crippen LogP contribution < -0.4 is 10.2 Å². The van der Waals surface area contributed by atoms with Crippen molar-refractivity contribution in [2.45, 2.75) is 26.1 Å². The normalized spacial score (nSPS) is 26.3. The summed E-state index contributed by atoms with van der Waals surface area (Å²) in [5.41, 5.74) is 0.481. The van der Waals surface area contributed by atoms with E-state index in [1.54, 1.807) is 18.2 Å². The molecule has 1 aliphatic rings. The molecular weight excluding hydrogens is 299 g/mol. The van der Waals surface area contributed by atoms with Gasteiger partial charge in [0, 0.05) is 0 Å². The monoisotopic (exact) mass is 317 g/mol. The Morgan fingerprint density at radius 3 is 2.40 bits per heavy atom. The lowest BCUT2D eigenvalue weighted by Gasteiger charge is -2.31. The summed E-state index contributed by atoms with van der Waals surface area (Å²) in [6.07, 6.45) is 0.343. The van der Waals surface area contributed by atoms with Crippen molar-refractivity contribution in [2.75, 3.05) is 25.0 Å². The third-order valence-electron chi connectivity index (χ3n) is 3.25. The number of rotatable bonds is 3. The Morgan fingerprint density at radius 2 is 1.85 bits per heavy atom. The molecular formula is C14H19Cl2N2O2+. The highest BCUT2D eigenvalue weighted by Crippen LogP contribution is 2.29. The highest BCUT2D eigenvalue weighted by atomic mass is 35.5. The zero-order chi connectivity index (χ0) is 14.7. The van der Waals surface area contributed by atoms with E-state index in [9.17, 15) is 4.79 Å². The van der Waals surface area contributed by atoms with E-state index in [1.807, 2.05) is 13.8 Å². The van der Waals surface area contributed by atoms with E-state index < -0.39 is 0 Å². The number of halogens is 2. The summed E-state index contributed by atoms with van der Waals surface area (Å²) in [6.45, 7) is 6.10. The van der Waals surface area contributed by atoms with E-state index >= 15 is 0 Å². The number of hydrogen-bond donors (Lipinski definition) is 2. The lowest BCUT2D eigenvalue weighted by molar-refractivity contribution is -0.907. The Bertz CT molecular complexity index is 466. The molecule has 2 rings (SSSR count). The lowest BCUT2D eigenvalue weighted by Crippen LogP contribution is -3.16. The largest absolute Gasteiger partial charge is 0.364 e. The van der Waals surface area contributed by atoms with Crippen LogP contribution in [0.5, 0.6) is 0 Å². The molecule has 2 atom stereocenters. The fourth-order valence-electron chi connectivity index (χ4n) is 2.56. The summed E-state index contributed by atoms with van der Waals surface area (Å²) in [6, 6.07) is 5.15. The molecule has 1 aromatic rings. The van der Waals surface area contributed by atoms with Crippen molar-refractivity contribution in [1.82, 2.24) is 0 Å². The number of morpholine rings is 1. The molecule has 4 nitrogen and oxygen atoms in total. The van der Waals surface area contributed by atoms with Crippen molar-refractivity contribution >= 4 is 34.8 Å². The van der Waals surface area contributed by atoms with Gasteiger partial charge in [-0.25, -0.2) is 0 Å². The van der Waals surface area contributed by atoms with E-state index in [2.05, 4.69) is 5.32 Å². The number of ether oxygens (including phenoxy) is 1. The molecule has 1 amide bonds. The summed E-state index contributed by atoms with van der Waals surface area (Å²) >= 11 is 12.1. The van der Waals surface area contributed by atoms with E-state index in [4.69, 9.17) is 27.9 Å². The number of nitrogens with one attached hydrogen (secondary N) is 2. The minimum Gasteiger partial charge on any atom is -0.364 e. The second kappa shape index (κ2) is 6.76. The predicted octanol–water partition coefficient (Wildman–Crippen LogP) is 1.62. The molecule has 2 unspecified atom stereocenters. The maximum Gasteiger partial charge on any atom is 0.279 e. The SMILES string of the molecule is CC1C[NH+](CC(=O)Nc2c(Cl)cccc2Cl)CC(C)O1. The second-order valence-electron chi connectivity index (χ2n) is 5.24. The van der Waals surface area contributed by atoms with Crippen LogP contribution in [0.15, 0.2) is 18.2 Å². The third kappa shape index (κ3) is 4.09. The molecule has 1 fully saturated rings. The van der Waals surface area contributed by atoms with Crippen molar-refractivity contribution in [3.8, 4) is 0 Å². The van der Waals surface area contributed by atoms with Gasteiger partial charge in [0.1, 0.15) is 25.3 Å². The van der Waals surface area contributed by atoms with E-state index in [0.29, 0.717) is 22.3 Å². The smallest absolute Gasteiger partial charge is 0.279 e. The number of carbonyl (C=O) groups is 1. The highest BCUT2D eigenvalue weighted by molar-refractivity contribution is 6.39. The summed E-state index contributed by atoms with van der Waals surface area (Å²) in [4.78, 5) is 13.3. The molecule has 1 saturated heterocycles. The molecule has 1 heterocycles. The van der Waals surface area contributed by atoms with Gasteiger partial charge in [-0.1, -0.05) is 29.3 Å². The zero-order valence-corrected chi connectivity index (χ0v) is 13.1. The van der Waals surface area contributed by atoms with Crippen LogP contribution in [-0.4, -0.2) is 37.7 Å². The molecule has 6 heteroatoms. The van der Waals surface area contributed by atoms with Crippen LogP contribution in [0, 0.1) is 0 Å².